The summed E-state index contributed by atoms with van der Waals surface area (Å²) in [5, 5.41) is 10.9. The second-order valence-electron chi connectivity index (χ2n) is 7.22. The van der Waals surface area contributed by atoms with Crippen LogP contribution in [0.4, 0.5) is 0 Å². The third-order valence-electron chi connectivity index (χ3n) is 4.71. The quantitative estimate of drug-likeness (QED) is 0.847. The molecular weight excluding hydrogens is 316 g/mol. The molecule has 0 aliphatic heterocycles. The van der Waals surface area contributed by atoms with E-state index in [1.54, 1.807) is 33.8 Å². The van der Waals surface area contributed by atoms with Gasteiger partial charge < -0.3 is 9.52 Å². The maximum absolute atomic E-state index is 12.9. The molecule has 1 aromatic heterocycles. The topological polar surface area (TPSA) is 67.5 Å². The van der Waals surface area contributed by atoms with Crippen molar-refractivity contribution in [2.24, 2.45) is 0 Å². The Hall–Kier alpha value is -2.46. The van der Waals surface area contributed by atoms with Gasteiger partial charge in [0, 0.05) is 22.1 Å². The minimum absolute atomic E-state index is 0.142. The third kappa shape index (κ3) is 3.22. The number of benzene rings is 1. The Labute approximate surface area is 146 Å². The Bertz CT molecular complexity index is 899. The van der Waals surface area contributed by atoms with Crippen LogP contribution in [-0.4, -0.2) is 22.3 Å². The molecule has 0 radical (unpaired) electrons. The van der Waals surface area contributed by atoms with Crippen molar-refractivity contribution in [1.82, 2.24) is 0 Å². The fourth-order valence-electron chi connectivity index (χ4n) is 3.04. The highest BCUT2D eigenvalue weighted by Gasteiger charge is 2.33. The number of furan rings is 1. The minimum atomic E-state index is -0.917. The van der Waals surface area contributed by atoms with E-state index in [0.29, 0.717) is 46.5 Å². The Balaban J connectivity index is 2.16. The van der Waals surface area contributed by atoms with Crippen LogP contribution < -0.4 is 0 Å². The number of rotatable bonds is 4. The largest absolute Gasteiger partial charge is 0.456 e. The fourth-order valence-corrected chi connectivity index (χ4v) is 3.04. The van der Waals surface area contributed by atoms with Gasteiger partial charge in [-0.05, 0) is 52.7 Å². The molecule has 1 heterocycles. The normalized spacial score (nSPS) is 16.4. The first-order valence-electron chi connectivity index (χ1n) is 8.40. The maximum Gasteiger partial charge on any atom is 0.193 e. The number of fused-ring (bicyclic) bond motifs is 1. The van der Waals surface area contributed by atoms with Gasteiger partial charge in [0.25, 0.3) is 0 Å². The average molecular weight is 338 g/mol. The number of hydrogen-bond acceptors (Lipinski definition) is 4. The predicted molar refractivity (Wildman–Crippen MR) is 97.1 cm³/mol. The maximum atomic E-state index is 12.9. The molecule has 0 amide bonds. The molecule has 1 aliphatic carbocycles. The summed E-state index contributed by atoms with van der Waals surface area (Å²) in [7, 11) is 0. The molecule has 25 heavy (non-hydrogen) atoms. The molecule has 3 rings (SSSR count). The molecular formula is C21H22O4. The van der Waals surface area contributed by atoms with Crippen LogP contribution in [0.2, 0.25) is 0 Å². The highest BCUT2D eigenvalue weighted by Crippen LogP contribution is 2.36. The van der Waals surface area contributed by atoms with Gasteiger partial charge in [-0.15, -0.1) is 0 Å². The molecule has 0 saturated heterocycles. The smallest absolute Gasteiger partial charge is 0.193 e. The van der Waals surface area contributed by atoms with Gasteiger partial charge in [-0.3, -0.25) is 9.59 Å². The van der Waals surface area contributed by atoms with Gasteiger partial charge in [0.15, 0.2) is 11.6 Å². The van der Waals surface area contributed by atoms with Crippen LogP contribution in [0.25, 0.3) is 16.5 Å². The van der Waals surface area contributed by atoms with E-state index in [2.05, 4.69) is 0 Å². The van der Waals surface area contributed by atoms with E-state index in [9.17, 15) is 14.7 Å². The monoisotopic (exact) mass is 338 g/mol. The SMILES string of the molecule is CC1=C(C)C(=O)C(c2cc3ccccc3o2)=C(CCC(C)(C)O)C1=O. The van der Waals surface area contributed by atoms with Crippen LogP contribution in [0.3, 0.4) is 0 Å². The summed E-state index contributed by atoms with van der Waals surface area (Å²) in [6.45, 7) is 6.73. The van der Waals surface area contributed by atoms with Crippen LogP contribution in [0.1, 0.15) is 46.3 Å². The lowest BCUT2D eigenvalue weighted by atomic mass is 9.81. The Kier molecular flexibility index (Phi) is 4.25. The second-order valence-corrected chi connectivity index (χ2v) is 7.22. The molecule has 4 heteroatoms. The average Bonchev–Trinajstić information content (AvgIpc) is 2.97. The summed E-state index contributed by atoms with van der Waals surface area (Å²) in [4.78, 5) is 25.7. The van der Waals surface area contributed by atoms with Gasteiger partial charge in [-0.1, -0.05) is 18.2 Å². The summed E-state index contributed by atoms with van der Waals surface area (Å²) >= 11 is 0. The lowest BCUT2D eigenvalue weighted by molar-refractivity contribution is -0.115. The molecule has 0 fully saturated rings. The van der Waals surface area contributed by atoms with Crippen LogP contribution in [0.15, 0.2) is 51.5 Å². The molecule has 0 saturated carbocycles. The van der Waals surface area contributed by atoms with E-state index in [1.807, 2.05) is 24.3 Å². The lowest BCUT2D eigenvalue weighted by Crippen LogP contribution is -2.24. The van der Waals surface area contributed by atoms with Crippen molar-refractivity contribution in [3.63, 3.8) is 0 Å². The summed E-state index contributed by atoms with van der Waals surface area (Å²) in [5.41, 5.74) is 1.43. The van der Waals surface area contributed by atoms with E-state index in [4.69, 9.17) is 4.42 Å². The van der Waals surface area contributed by atoms with E-state index < -0.39 is 5.60 Å². The summed E-state index contributed by atoms with van der Waals surface area (Å²) in [5.74, 6) is 0.0934. The summed E-state index contributed by atoms with van der Waals surface area (Å²) in [6, 6.07) is 9.30. The molecule has 0 spiro atoms. The predicted octanol–water partition coefficient (Wildman–Crippen LogP) is 4.23. The number of carbonyl (C=O) groups is 2. The van der Waals surface area contributed by atoms with Crippen LogP contribution in [0.5, 0.6) is 0 Å². The fraction of sp³-hybridized carbons (Fsp3) is 0.333. The van der Waals surface area contributed by atoms with E-state index >= 15 is 0 Å². The standard InChI is InChI=1S/C21H22O4/c1-12-13(2)20(23)18(15(19(12)22)9-10-21(3,4)24)17-11-14-7-5-6-8-16(14)25-17/h5-8,11,24H,9-10H2,1-4H3. The summed E-state index contributed by atoms with van der Waals surface area (Å²) in [6.07, 6.45) is 0.711. The van der Waals surface area contributed by atoms with Crippen molar-refractivity contribution in [3.8, 4) is 0 Å². The van der Waals surface area contributed by atoms with Crippen molar-refractivity contribution in [1.29, 1.82) is 0 Å². The molecule has 1 aromatic carbocycles. The van der Waals surface area contributed by atoms with E-state index in [-0.39, 0.29) is 11.6 Å². The van der Waals surface area contributed by atoms with Gasteiger partial charge in [0.05, 0.1) is 11.2 Å². The van der Waals surface area contributed by atoms with Gasteiger partial charge in [-0.2, -0.15) is 0 Å². The molecule has 1 N–H and O–H groups in total. The van der Waals surface area contributed by atoms with Gasteiger partial charge >= 0.3 is 0 Å². The van der Waals surface area contributed by atoms with E-state index in [0.717, 1.165) is 5.39 Å². The molecule has 0 unspecified atom stereocenters. The number of aliphatic hydroxyl groups is 1. The first kappa shape index (κ1) is 17.4. The number of allylic oxidation sites excluding steroid dienone is 4. The number of hydrogen-bond donors (Lipinski definition) is 1. The van der Waals surface area contributed by atoms with E-state index in [1.165, 1.54) is 0 Å². The zero-order valence-electron chi connectivity index (χ0n) is 15.0. The molecule has 4 nitrogen and oxygen atoms in total. The zero-order valence-corrected chi connectivity index (χ0v) is 15.0. The van der Waals surface area contributed by atoms with Crippen LogP contribution in [-0.2, 0) is 9.59 Å². The Morgan fingerprint density at radius 2 is 1.68 bits per heavy atom. The molecule has 0 bridgehead atoms. The van der Waals surface area contributed by atoms with Crippen LogP contribution in [0, 0.1) is 0 Å². The van der Waals surface area contributed by atoms with Crippen molar-refractivity contribution in [2.45, 2.75) is 46.1 Å². The molecule has 0 atom stereocenters. The highest BCUT2D eigenvalue weighted by atomic mass is 16.3. The van der Waals surface area contributed by atoms with Gasteiger partial charge in [-0.25, -0.2) is 0 Å². The number of ketones is 2. The van der Waals surface area contributed by atoms with Crippen LogP contribution >= 0.6 is 0 Å². The summed E-state index contributed by atoms with van der Waals surface area (Å²) < 4.78 is 5.86. The molecule has 130 valence electrons. The molecule has 1 aliphatic rings. The number of para-hydroxylation sites is 1. The Morgan fingerprint density at radius 1 is 1.04 bits per heavy atom. The van der Waals surface area contributed by atoms with Crippen molar-refractivity contribution in [2.75, 3.05) is 0 Å². The first-order chi connectivity index (χ1) is 11.7. The number of carbonyl (C=O) groups excluding carboxylic acids is 2. The van der Waals surface area contributed by atoms with Gasteiger partial charge in [0.2, 0.25) is 0 Å². The number of Topliss-reactive ketones (excluding diaryl/α,β-unsaturated/α-hetero) is 2. The minimum Gasteiger partial charge on any atom is -0.456 e. The highest BCUT2D eigenvalue weighted by molar-refractivity contribution is 6.39. The van der Waals surface area contributed by atoms with Crippen molar-refractivity contribution in [3.05, 3.63) is 52.8 Å². The second kappa shape index (κ2) is 6.12. The van der Waals surface area contributed by atoms with Crippen molar-refractivity contribution < 1.29 is 19.1 Å². The zero-order chi connectivity index (χ0) is 18.4. The van der Waals surface area contributed by atoms with Gasteiger partial charge in [0.1, 0.15) is 11.3 Å². The first-order valence-corrected chi connectivity index (χ1v) is 8.40. The third-order valence-corrected chi connectivity index (χ3v) is 4.71. The van der Waals surface area contributed by atoms with Crippen molar-refractivity contribution >= 4 is 28.1 Å². The lowest BCUT2D eigenvalue weighted by Gasteiger charge is -2.22. The molecule has 2 aromatic rings. The Morgan fingerprint density at radius 3 is 2.32 bits per heavy atom.